The fraction of sp³-hybridized carbons (Fsp3) is 0.381. The molecule has 0 aromatic carbocycles. The van der Waals surface area contributed by atoms with Crippen LogP contribution in [-0.2, 0) is 0 Å². The maximum atomic E-state index is 9.22. The quantitative estimate of drug-likeness (QED) is 0.377. The van der Waals surface area contributed by atoms with Gasteiger partial charge in [-0.1, -0.05) is 26.8 Å². The minimum atomic E-state index is 0. The summed E-state index contributed by atoms with van der Waals surface area (Å²) in [7, 11) is 0. The van der Waals surface area contributed by atoms with Gasteiger partial charge in [0.2, 0.25) is 0 Å². The van der Waals surface area contributed by atoms with E-state index in [1.54, 1.807) is 18.3 Å². The Morgan fingerprint density at radius 3 is 2.48 bits per heavy atom. The fourth-order valence-corrected chi connectivity index (χ4v) is 1.32. The second-order valence-electron chi connectivity index (χ2n) is 5.63. The van der Waals surface area contributed by atoms with Crippen molar-refractivity contribution in [1.82, 2.24) is 4.98 Å². The predicted octanol–water partition coefficient (Wildman–Crippen LogP) is -0.941. The van der Waals surface area contributed by atoms with E-state index in [0.29, 0.717) is 22.9 Å². The molecule has 0 radical (unpaired) electrons. The van der Waals surface area contributed by atoms with Gasteiger partial charge in [-0.05, 0) is 12.8 Å². The van der Waals surface area contributed by atoms with Crippen LogP contribution < -0.4 is 42.5 Å². The van der Waals surface area contributed by atoms with Crippen LogP contribution in [0.4, 0.5) is 0 Å². The topological polar surface area (TPSA) is 56.8 Å². The van der Waals surface area contributed by atoms with Crippen molar-refractivity contribution >= 4 is 18.0 Å². The van der Waals surface area contributed by atoms with E-state index in [0.717, 1.165) is 31.6 Å². The first-order valence-corrected chi connectivity index (χ1v) is 8.33. The first-order valence-electron chi connectivity index (χ1n) is 8.33. The summed E-state index contributed by atoms with van der Waals surface area (Å²) in [6, 6.07) is 3.53. The molecule has 0 bridgehead atoms. The molecule has 0 unspecified atom stereocenters. The van der Waals surface area contributed by atoms with E-state index >= 15 is 0 Å². The Hall–Kier alpha value is -1.04. The molecule has 0 spiro atoms. The Bertz CT molecular complexity index is 566. The van der Waals surface area contributed by atoms with Crippen LogP contribution >= 0.6 is 0 Å². The fourth-order valence-electron chi connectivity index (χ4n) is 1.32. The molecule has 0 N–H and O–H groups in total. The maximum Gasteiger partial charge on any atom is 1.00 e. The summed E-state index contributed by atoms with van der Waals surface area (Å²) in [6.07, 6.45) is 12.0. The normalized spacial score (nSPS) is 12.4. The van der Waals surface area contributed by atoms with Gasteiger partial charge in [-0.25, -0.2) is 4.98 Å². The SMILES string of the molecule is [CH-]=C[C-]=N[C-]=C(C=[N-])c1cccnc1OC1CC1.[CH2-]C(C)C.[CH2-]CC.[Li+].[Li+]. The molecule has 0 saturated heterocycles. The van der Waals surface area contributed by atoms with Crippen LogP contribution in [0.15, 0.2) is 29.4 Å². The summed E-state index contributed by atoms with van der Waals surface area (Å²) in [5.41, 5.74) is 1.00. The van der Waals surface area contributed by atoms with Crippen molar-refractivity contribution in [2.45, 2.75) is 46.1 Å². The van der Waals surface area contributed by atoms with Gasteiger partial charge in [0.1, 0.15) is 5.88 Å². The van der Waals surface area contributed by atoms with E-state index < -0.39 is 0 Å². The molecule has 4 nitrogen and oxygen atoms in total. The Morgan fingerprint density at radius 2 is 2.04 bits per heavy atom. The van der Waals surface area contributed by atoms with Crippen LogP contribution in [0, 0.1) is 32.5 Å². The summed E-state index contributed by atoms with van der Waals surface area (Å²) < 4.78 is 5.65. The van der Waals surface area contributed by atoms with E-state index in [4.69, 9.17) is 11.3 Å². The van der Waals surface area contributed by atoms with E-state index in [1.807, 2.05) is 6.92 Å². The van der Waals surface area contributed by atoms with E-state index in [-0.39, 0.29) is 43.8 Å². The van der Waals surface area contributed by atoms with Crippen molar-refractivity contribution in [3.05, 3.63) is 62.0 Å². The zero-order chi connectivity index (χ0) is 19.1. The standard InChI is InChI=1S/C14H11N3O.C4H9.C3H7.2Li/c1-2-7-16-10-11(9-15)13-4-3-8-17-14(13)18-12-5-6-12;1-4(2)3;1-3-2;;/h1-4,8-9,12H,5-6H2;4H,1H2,2-3H3;1,3H2,2H3;;/q-4;2*-1;2*+1. The van der Waals surface area contributed by atoms with Gasteiger partial charge in [0, 0.05) is 6.20 Å². The Labute approximate surface area is 189 Å². The Kier molecular flexibility index (Phi) is 22.4. The number of aromatic nitrogens is 1. The molecule has 1 aromatic rings. The van der Waals surface area contributed by atoms with Crippen LogP contribution in [-0.4, -0.2) is 23.5 Å². The minimum Gasteiger partial charge on any atom is -0.911 e. The molecule has 2 rings (SSSR count). The number of pyridine rings is 1. The van der Waals surface area contributed by atoms with Crippen LogP contribution in [0.3, 0.4) is 0 Å². The first kappa shape index (κ1) is 30.7. The molecule has 0 atom stereocenters. The third-order valence-corrected chi connectivity index (χ3v) is 2.31. The Morgan fingerprint density at radius 1 is 1.48 bits per heavy atom. The number of allylic oxidation sites excluding steroid dienone is 2. The van der Waals surface area contributed by atoms with Gasteiger partial charge in [0.15, 0.2) is 0 Å². The first-order chi connectivity index (χ1) is 12.0. The van der Waals surface area contributed by atoms with Crippen LogP contribution in [0.1, 0.15) is 45.6 Å². The second kappa shape index (κ2) is 19.7. The van der Waals surface area contributed by atoms with Gasteiger partial charge < -0.3 is 47.9 Å². The van der Waals surface area contributed by atoms with Gasteiger partial charge in [-0.2, -0.15) is 24.8 Å². The molecule has 0 amide bonds. The summed E-state index contributed by atoms with van der Waals surface area (Å²) >= 11 is 0. The van der Waals surface area contributed by atoms with Crippen LogP contribution in [0.2, 0.25) is 0 Å². The third-order valence-electron chi connectivity index (χ3n) is 2.31. The van der Waals surface area contributed by atoms with Crippen molar-refractivity contribution in [2.75, 3.05) is 0 Å². The molecule has 1 fully saturated rings. The number of aliphatic imine (C=N–C) groups is 1. The number of hydrogen-bond donors (Lipinski definition) is 0. The molecule has 1 heterocycles. The average molecular weight is 351 g/mol. The van der Waals surface area contributed by atoms with Crippen molar-refractivity contribution in [1.29, 1.82) is 0 Å². The van der Waals surface area contributed by atoms with Gasteiger partial charge >= 0.3 is 37.7 Å². The predicted molar refractivity (Wildman–Crippen MR) is 106 cm³/mol. The molecular formula is C21H27Li2N3O-4. The Balaban J connectivity index is -0.000000558. The molecular weight excluding hydrogens is 324 g/mol. The average Bonchev–Trinajstić information content (AvgIpc) is 3.37. The van der Waals surface area contributed by atoms with Crippen LogP contribution in [0.5, 0.6) is 5.88 Å². The van der Waals surface area contributed by atoms with Gasteiger partial charge in [-0.15, -0.1) is 11.6 Å². The molecule has 1 saturated carbocycles. The largest absolute Gasteiger partial charge is 1.00 e. The number of hydrogen-bond acceptors (Lipinski definition) is 3. The van der Waals surface area contributed by atoms with Crippen molar-refractivity contribution in [3.8, 4) is 5.88 Å². The molecule has 1 aliphatic rings. The molecule has 1 aromatic heterocycles. The molecule has 6 heteroatoms. The zero-order valence-corrected chi connectivity index (χ0v) is 17.4. The van der Waals surface area contributed by atoms with Crippen molar-refractivity contribution in [3.63, 3.8) is 0 Å². The summed E-state index contributed by atoms with van der Waals surface area (Å²) in [4.78, 5) is 7.83. The summed E-state index contributed by atoms with van der Waals surface area (Å²) in [6.45, 7) is 18.4. The smallest absolute Gasteiger partial charge is 0.911 e. The molecule has 0 aliphatic heterocycles. The summed E-state index contributed by atoms with van der Waals surface area (Å²) in [5, 5.41) is 9.22. The van der Waals surface area contributed by atoms with Gasteiger partial charge in [0.25, 0.3) is 0 Å². The van der Waals surface area contributed by atoms with E-state index in [1.165, 1.54) is 0 Å². The molecule has 1 aliphatic carbocycles. The molecule has 138 valence electrons. The van der Waals surface area contributed by atoms with Crippen molar-refractivity contribution in [2.24, 2.45) is 10.9 Å². The van der Waals surface area contributed by atoms with Gasteiger partial charge in [-0.3, -0.25) is 5.57 Å². The zero-order valence-electron chi connectivity index (χ0n) is 17.4. The number of rotatable bonds is 6. The molecule has 27 heavy (non-hydrogen) atoms. The van der Waals surface area contributed by atoms with E-state index in [9.17, 15) is 5.41 Å². The maximum absolute atomic E-state index is 9.22. The van der Waals surface area contributed by atoms with Crippen LogP contribution in [0.25, 0.3) is 11.0 Å². The summed E-state index contributed by atoms with van der Waals surface area (Å²) in [5.74, 6) is 1.06. The van der Waals surface area contributed by atoms with E-state index in [2.05, 4.69) is 50.1 Å². The minimum absolute atomic E-state index is 0. The monoisotopic (exact) mass is 351 g/mol. The number of ether oxygens (including phenoxy) is 1. The second-order valence-corrected chi connectivity index (χ2v) is 5.63. The van der Waals surface area contributed by atoms with Crippen molar-refractivity contribution < 1.29 is 42.5 Å². The number of nitrogens with zero attached hydrogens (tertiary/aromatic N) is 3. The van der Waals surface area contributed by atoms with Gasteiger partial charge in [0.05, 0.1) is 6.10 Å². The third kappa shape index (κ3) is 16.8.